The highest BCUT2D eigenvalue weighted by molar-refractivity contribution is 7.89. The van der Waals surface area contributed by atoms with Gasteiger partial charge in [0.15, 0.2) is 0 Å². The van der Waals surface area contributed by atoms with Crippen LogP contribution >= 0.6 is 0 Å². The van der Waals surface area contributed by atoms with Crippen LogP contribution in [0.5, 0.6) is 0 Å². The SMILES string of the molecule is NS(=O)(=O)c1ccc(NC(=O)NC(Cc2ccccc2)C(=O)N2CCCC2)cc1. The van der Waals surface area contributed by atoms with E-state index in [9.17, 15) is 18.0 Å². The molecule has 1 atom stereocenters. The monoisotopic (exact) mass is 416 g/mol. The van der Waals surface area contributed by atoms with Gasteiger partial charge in [-0.1, -0.05) is 30.3 Å². The molecule has 154 valence electrons. The molecule has 0 aliphatic carbocycles. The van der Waals surface area contributed by atoms with Crippen LogP contribution in [0.4, 0.5) is 10.5 Å². The van der Waals surface area contributed by atoms with Crippen LogP contribution < -0.4 is 15.8 Å². The molecular formula is C20H24N4O4S. The molecule has 3 rings (SSSR count). The Hall–Kier alpha value is -2.91. The molecule has 29 heavy (non-hydrogen) atoms. The van der Waals surface area contributed by atoms with Gasteiger partial charge in [-0.2, -0.15) is 0 Å². The van der Waals surface area contributed by atoms with Gasteiger partial charge in [-0.25, -0.2) is 18.4 Å². The van der Waals surface area contributed by atoms with Gasteiger partial charge in [-0.15, -0.1) is 0 Å². The Kier molecular flexibility index (Phi) is 6.50. The van der Waals surface area contributed by atoms with Gasteiger partial charge in [0.1, 0.15) is 6.04 Å². The minimum Gasteiger partial charge on any atom is -0.341 e. The number of hydrogen-bond acceptors (Lipinski definition) is 4. The number of anilines is 1. The molecule has 2 aromatic carbocycles. The molecule has 9 heteroatoms. The minimum absolute atomic E-state index is 0.0466. The summed E-state index contributed by atoms with van der Waals surface area (Å²) in [5, 5.41) is 10.4. The number of nitrogens with zero attached hydrogens (tertiary/aromatic N) is 1. The molecule has 1 heterocycles. The lowest BCUT2D eigenvalue weighted by Gasteiger charge is -2.24. The highest BCUT2D eigenvalue weighted by Crippen LogP contribution is 2.14. The molecule has 0 bridgehead atoms. The zero-order valence-corrected chi connectivity index (χ0v) is 16.7. The summed E-state index contributed by atoms with van der Waals surface area (Å²) in [4.78, 5) is 27.1. The Morgan fingerprint density at radius 2 is 1.62 bits per heavy atom. The van der Waals surface area contributed by atoms with Gasteiger partial charge in [0.25, 0.3) is 0 Å². The van der Waals surface area contributed by atoms with Crippen molar-refractivity contribution >= 4 is 27.6 Å². The quantitative estimate of drug-likeness (QED) is 0.663. The first-order chi connectivity index (χ1) is 13.8. The van der Waals surface area contributed by atoms with Crippen LogP contribution in [0.2, 0.25) is 0 Å². The summed E-state index contributed by atoms with van der Waals surface area (Å²) in [7, 11) is -3.80. The normalized spacial score (nSPS) is 15.0. The first-order valence-electron chi connectivity index (χ1n) is 9.36. The molecule has 0 saturated carbocycles. The number of urea groups is 1. The lowest BCUT2D eigenvalue weighted by atomic mass is 10.0. The third-order valence-electron chi connectivity index (χ3n) is 4.74. The molecule has 1 aliphatic heterocycles. The number of nitrogens with one attached hydrogen (secondary N) is 2. The Bertz CT molecular complexity index is 956. The van der Waals surface area contributed by atoms with Crippen LogP contribution in [0.3, 0.4) is 0 Å². The van der Waals surface area contributed by atoms with Gasteiger partial charge in [0.2, 0.25) is 15.9 Å². The summed E-state index contributed by atoms with van der Waals surface area (Å²) in [6.07, 6.45) is 2.31. The zero-order chi connectivity index (χ0) is 20.9. The van der Waals surface area contributed by atoms with Crippen molar-refractivity contribution < 1.29 is 18.0 Å². The lowest BCUT2D eigenvalue weighted by molar-refractivity contribution is -0.132. The van der Waals surface area contributed by atoms with E-state index in [2.05, 4.69) is 10.6 Å². The molecule has 1 fully saturated rings. The fraction of sp³-hybridized carbons (Fsp3) is 0.300. The van der Waals surface area contributed by atoms with Crippen LogP contribution in [0.15, 0.2) is 59.5 Å². The second-order valence-electron chi connectivity index (χ2n) is 6.94. The molecule has 0 aromatic heterocycles. The van der Waals surface area contributed by atoms with Crippen molar-refractivity contribution in [3.63, 3.8) is 0 Å². The predicted octanol–water partition coefficient (Wildman–Crippen LogP) is 1.69. The minimum atomic E-state index is -3.80. The van der Waals surface area contributed by atoms with E-state index in [-0.39, 0.29) is 10.8 Å². The van der Waals surface area contributed by atoms with Crippen molar-refractivity contribution in [2.75, 3.05) is 18.4 Å². The Morgan fingerprint density at radius 1 is 1.00 bits per heavy atom. The predicted molar refractivity (Wildman–Crippen MR) is 110 cm³/mol. The number of amides is 3. The second kappa shape index (κ2) is 9.06. The van der Waals surface area contributed by atoms with Crippen LogP contribution in [0.25, 0.3) is 0 Å². The van der Waals surface area contributed by atoms with E-state index in [0.29, 0.717) is 25.2 Å². The van der Waals surface area contributed by atoms with E-state index in [1.807, 2.05) is 30.3 Å². The molecule has 8 nitrogen and oxygen atoms in total. The maximum Gasteiger partial charge on any atom is 0.319 e. The fourth-order valence-electron chi connectivity index (χ4n) is 3.26. The number of sulfonamides is 1. The van der Waals surface area contributed by atoms with E-state index in [0.717, 1.165) is 18.4 Å². The fourth-order valence-corrected chi connectivity index (χ4v) is 3.78. The van der Waals surface area contributed by atoms with Crippen molar-refractivity contribution in [2.24, 2.45) is 5.14 Å². The van der Waals surface area contributed by atoms with Crippen molar-refractivity contribution in [1.82, 2.24) is 10.2 Å². The highest BCUT2D eigenvalue weighted by Gasteiger charge is 2.28. The number of likely N-dealkylation sites (tertiary alicyclic amines) is 1. The number of primary sulfonamides is 1. The van der Waals surface area contributed by atoms with E-state index < -0.39 is 22.1 Å². The average molecular weight is 417 g/mol. The smallest absolute Gasteiger partial charge is 0.319 e. The molecule has 1 saturated heterocycles. The number of nitrogens with two attached hydrogens (primary N) is 1. The number of hydrogen-bond donors (Lipinski definition) is 3. The number of rotatable bonds is 6. The third-order valence-corrected chi connectivity index (χ3v) is 5.67. The maximum absolute atomic E-state index is 12.9. The van der Waals surface area contributed by atoms with Gasteiger partial charge in [0.05, 0.1) is 4.90 Å². The number of carbonyl (C=O) groups is 2. The van der Waals surface area contributed by atoms with E-state index in [1.165, 1.54) is 24.3 Å². The average Bonchev–Trinajstić information content (AvgIpc) is 3.22. The summed E-state index contributed by atoms with van der Waals surface area (Å²) in [6.45, 7) is 1.39. The van der Waals surface area contributed by atoms with Crippen molar-refractivity contribution in [3.8, 4) is 0 Å². The van der Waals surface area contributed by atoms with Gasteiger partial charge in [-0.05, 0) is 42.7 Å². The zero-order valence-electron chi connectivity index (χ0n) is 15.9. The molecule has 1 unspecified atom stereocenters. The Morgan fingerprint density at radius 3 is 2.21 bits per heavy atom. The number of carbonyl (C=O) groups excluding carboxylic acids is 2. The summed E-state index contributed by atoms with van der Waals surface area (Å²) in [5.74, 6) is -0.105. The standard InChI is InChI=1S/C20H24N4O4S/c21-29(27,28)17-10-8-16(9-11-17)22-20(26)23-18(14-15-6-2-1-3-7-15)19(25)24-12-4-5-13-24/h1-3,6-11,18H,4-5,12-14H2,(H2,21,27,28)(H2,22,23,26). The Balaban J connectivity index is 1.69. The van der Waals surface area contributed by atoms with Gasteiger partial charge >= 0.3 is 6.03 Å². The molecule has 0 radical (unpaired) electrons. The highest BCUT2D eigenvalue weighted by atomic mass is 32.2. The van der Waals surface area contributed by atoms with Crippen LogP contribution in [0.1, 0.15) is 18.4 Å². The first kappa shape index (κ1) is 20.8. The lowest BCUT2D eigenvalue weighted by Crippen LogP contribution is -2.50. The molecule has 2 aromatic rings. The third kappa shape index (κ3) is 5.78. The summed E-state index contributed by atoms with van der Waals surface area (Å²) in [5.41, 5.74) is 1.34. The van der Waals surface area contributed by atoms with E-state index in [1.54, 1.807) is 4.90 Å². The summed E-state index contributed by atoms with van der Waals surface area (Å²) >= 11 is 0. The Labute approximate surface area is 170 Å². The molecule has 1 aliphatic rings. The number of benzene rings is 2. The maximum atomic E-state index is 12.9. The van der Waals surface area contributed by atoms with Gasteiger partial charge in [0, 0.05) is 25.2 Å². The molecule has 3 amide bonds. The first-order valence-corrected chi connectivity index (χ1v) is 10.9. The van der Waals surface area contributed by atoms with Crippen LogP contribution in [0, 0.1) is 0 Å². The van der Waals surface area contributed by atoms with Crippen molar-refractivity contribution in [1.29, 1.82) is 0 Å². The van der Waals surface area contributed by atoms with Crippen molar-refractivity contribution in [2.45, 2.75) is 30.2 Å². The topological polar surface area (TPSA) is 122 Å². The summed E-state index contributed by atoms with van der Waals surface area (Å²) < 4.78 is 22.6. The van der Waals surface area contributed by atoms with Crippen LogP contribution in [-0.4, -0.2) is 44.4 Å². The molecule has 0 spiro atoms. The van der Waals surface area contributed by atoms with Gasteiger partial charge in [-0.3, -0.25) is 4.79 Å². The second-order valence-corrected chi connectivity index (χ2v) is 8.50. The van der Waals surface area contributed by atoms with Crippen LogP contribution in [-0.2, 0) is 21.2 Å². The molecular weight excluding hydrogens is 392 g/mol. The van der Waals surface area contributed by atoms with Crippen molar-refractivity contribution in [3.05, 3.63) is 60.2 Å². The van der Waals surface area contributed by atoms with E-state index >= 15 is 0 Å². The largest absolute Gasteiger partial charge is 0.341 e. The van der Waals surface area contributed by atoms with E-state index in [4.69, 9.17) is 5.14 Å². The molecule has 4 N–H and O–H groups in total. The summed E-state index contributed by atoms with van der Waals surface area (Å²) in [6, 6.07) is 13.8. The van der Waals surface area contributed by atoms with Gasteiger partial charge < -0.3 is 15.5 Å².